The average molecular weight is 474 g/mol. The van der Waals surface area contributed by atoms with Crippen molar-refractivity contribution in [2.45, 2.75) is 25.2 Å². The highest BCUT2D eigenvalue weighted by atomic mass is 127. The molecular weight excluding hydrogens is 460 g/mol. The molecule has 0 radical (unpaired) electrons. The van der Waals surface area contributed by atoms with Crippen LogP contribution < -0.4 is 0 Å². The van der Waals surface area contributed by atoms with E-state index in [2.05, 4.69) is 5.10 Å². The smallest absolute Gasteiger partial charge is 0.365 e. The van der Waals surface area contributed by atoms with Gasteiger partial charge in [0, 0.05) is 9.13 Å². The molecule has 0 fully saturated rings. The van der Waals surface area contributed by atoms with Gasteiger partial charge in [-0.1, -0.05) is 42.0 Å². The van der Waals surface area contributed by atoms with E-state index in [-0.39, 0.29) is 11.1 Å². The number of aryl methyl sites for hydroxylation is 1. The lowest BCUT2D eigenvalue weighted by Gasteiger charge is -2.32. The van der Waals surface area contributed by atoms with Crippen molar-refractivity contribution in [3.8, 4) is 0 Å². The van der Waals surface area contributed by atoms with Crippen molar-refractivity contribution in [1.29, 1.82) is 0 Å². The van der Waals surface area contributed by atoms with E-state index >= 15 is 0 Å². The molecule has 0 aliphatic carbocycles. The summed E-state index contributed by atoms with van der Waals surface area (Å²) in [6.45, 7) is 1.75. The largest absolute Gasteiger partial charge is 0.431 e. The fourth-order valence-corrected chi connectivity index (χ4v) is 3.40. The first-order chi connectivity index (χ1) is 12.1. The fourth-order valence-electron chi connectivity index (χ4n) is 2.78. The first-order valence-corrected chi connectivity index (χ1v) is 8.74. The Hall–Kier alpha value is -1.94. The van der Waals surface area contributed by atoms with Crippen LogP contribution in [-0.2, 0) is 5.72 Å². The lowest BCUT2D eigenvalue weighted by Crippen LogP contribution is -2.44. The SMILES string of the molecule is Cc1cccc(C2(O)CC(C(F)(F)F)=NN2C(=O)c2ccccc2I)c1. The number of alkyl halides is 3. The van der Waals surface area contributed by atoms with Crippen LogP contribution in [0.25, 0.3) is 0 Å². The van der Waals surface area contributed by atoms with Crippen molar-refractivity contribution in [3.63, 3.8) is 0 Å². The molecule has 1 unspecified atom stereocenters. The number of carbonyl (C=O) groups excluding carboxylic acids is 1. The maximum Gasteiger partial charge on any atom is 0.431 e. The number of halogens is 4. The standard InChI is InChI=1S/C18H14F3IN2O2/c1-11-5-4-6-12(9-11)17(26)10-15(18(19,20)21)23-24(17)16(25)13-7-2-3-8-14(13)22/h2-9,26H,10H2,1H3. The summed E-state index contributed by atoms with van der Waals surface area (Å²) in [5.41, 5.74) is -2.29. The second-order valence-corrected chi connectivity index (χ2v) is 7.17. The van der Waals surface area contributed by atoms with Crippen molar-refractivity contribution < 1.29 is 23.1 Å². The Morgan fingerprint density at radius 2 is 1.92 bits per heavy atom. The summed E-state index contributed by atoms with van der Waals surface area (Å²) in [4.78, 5) is 12.9. The molecule has 0 saturated carbocycles. The van der Waals surface area contributed by atoms with Gasteiger partial charge in [0.2, 0.25) is 0 Å². The monoisotopic (exact) mass is 474 g/mol. The van der Waals surface area contributed by atoms with Crippen LogP contribution in [0.1, 0.15) is 27.9 Å². The van der Waals surface area contributed by atoms with E-state index in [0.29, 0.717) is 8.58 Å². The summed E-state index contributed by atoms with van der Waals surface area (Å²) in [5.74, 6) is -0.793. The molecular formula is C18H14F3IN2O2. The van der Waals surface area contributed by atoms with E-state index in [1.165, 1.54) is 12.1 Å². The van der Waals surface area contributed by atoms with Crippen LogP contribution in [0.4, 0.5) is 13.2 Å². The second-order valence-electron chi connectivity index (χ2n) is 6.00. The van der Waals surface area contributed by atoms with Crippen LogP contribution in [0.5, 0.6) is 0 Å². The molecule has 26 heavy (non-hydrogen) atoms. The van der Waals surface area contributed by atoms with E-state index < -0.39 is 29.9 Å². The van der Waals surface area contributed by atoms with Crippen molar-refractivity contribution in [3.05, 3.63) is 68.8 Å². The van der Waals surface area contributed by atoms with Gasteiger partial charge in [0.15, 0.2) is 5.72 Å². The first kappa shape index (κ1) is 18.8. The van der Waals surface area contributed by atoms with Gasteiger partial charge in [0.1, 0.15) is 5.71 Å². The van der Waals surface area contributed by atoms with Crippen LogP contribution in [-0.4, -0.2) is 27.9 Å². The maximum atomic E-state index is 13.2. The molecule has 0 aromatic heterocycles. The number of nitrogens with zero attached hydrogens (tertiary/aromatic N) is 2. The van der Waals surface area contributed by atoms with E-state index in [1.54, 1.807) is 43.3 Å². The molecule has 0 bridgehead atoms. The van der Waals surface area contributed by atoms with Gasteiger partial charge in [-0.05, 0) is 41.6 Å². The summed E-state index contributed by atoms with van der Waals surface area (Å²) in [6.07, 6.45) is -5.56. The zero-order valence-electron chi connectivity index (χ0n) is 13.6. The normalized spacial score (nSPS) is 20.2. The van der Waals surface area contributed by atoms with Gasteiger partial charge in [-0.15, -0.1) is 0 Å². The minimum Gasteiger partial charge on any atom is -0.365 e. The molecule has 2 aromatic carbocycles. The Morgan fingerprint density at radius 3 is 2.54 bits per heavy atom. The van der Waals surface area contributed by atoms with Crippen LogP contribution in [0.15, 0.2) is 53.6 Å². The zero-order chi connectivity index (χ0) is 19.1. The van der Waals surface area contributed by atoms with Crippen molar-refractivity contribution in [2.24, 2.45) is 5.10 Å². The molecule has 0 saturated heterocycles. The lowest BCUT2D eigenvalue weighted by atomic mass is 9.95. The van der Waals surface area contributed by atoms with Crippen LogP contribution >= 0.6 is 22.6 Å². The molecule has 0 spiro atoms. The molecule has 136 valence electrons. The van der Waals surface area contributed by atoms with E-state index in [4.69, 9.17) is 0 Å². The zero-order valence-corrected chi connectivity index (χ0v) is 15.7. The predicted molar refractivity (Wildman–Crippen MR) is 98.5 cm³/mol. The van der Waals surface area contributed by atoms with Gasteiger partial charge in [0.05, 0.1) is 12.0 Å². The summed E-state index contributed by atoms with van der Waals surface area (Å²) in [6, 6.07) is 12.9. The van der Waals surface area contributed by atoms with E-state index in [9.17, 15) is 23.1 Å². The van der Waals surface area contributed by atoms with Crippen molar-refractivity contribution >= 4 is 34.2 Å². The Kier molecular flexibility index (Phi) is 4.82. The summed E-state index contributed by atoms with van der Waals surface area (Å²) < 4.78 is 40.3. The number of carbonyl (C=O) groups is 1. The molecule has 1 heterocycles. The molecule has 1 N–H and O–H groups in total. The number of benzene rings is 2. The van der Waals surface area contributed by atoms with Gasteiger partial charge in [0.25, 0.3) is 5.91 Å². The molecule has 1 aliphatic heterocycles. The van der Waals surface area contributed by atoms with Gasteiger partial charge in [-0.25, -0.2) is 0 Å². The quantitative estimate of drug-likeness (QED) is 0.664. The van der Waals surface area contributed by atoms with Crippen LogP contribution in [0.3, 0.4) is 0 Å². The summed E-state index contributed by atoms with van der Waals surface area (Å²) >= 11 is 1.92. The molecule has 8 heteroatoms. The Morgan fingerprint density at radius 1 is 1.23 bits per heavy atom. The predicted octanol–water partition coefficient (Wildman–Crippen LogP) is 4.21. The maximum absolute atomic E-state index is 13.2. The third-order valence-corrected chi connectivity index (χ3v) is 5.03. The van der Waals surface area contributed by atoms with Crippen LogP contribution in [0, 0.1) is 10.5 Å². The number of hydrazone groups is 1. The molecule has 4 nitrogen and oxygen atoms in total. The minimum absolute atomic E-state index is 0.173. The molecule has 1 amide bonds. The summed E-state index contributed by atoms with van der Waals surface area (Å²) in [7, 11) is 0. The molecule has 3 rings (SSSR count). The van der Waals surface area contributed by atoms with Gasteiger partial charge in [-0.2, -0.15) is 23.3 Å². The Balaban J connectivity index is 2.12. The highest BCUT2D eigenvalue weighted by Crippen LogP contribution is 2.40. The number of hydrogen-bond acceptors (Lipinski definition) is 3. The van der Waals surface area contributed by atoms with Crippen molar-refractivity contribution in [2.75, 3.05) is 0 Å². The highest BCUT2D eigenvalue weighted by Gasteiger charge is 2.53. The Labute approximate surface area is 161 Å². The third-order valence-electron chi connectivity index (χ3n) is 4.09. The topological polar surface area (TPSA) is 52.9 Å². The van der Waals surface area contributed by atoms with Crippen LogP contribution in [0.2, 0.25) is 0 Å². The molecule has 2 aromatic rings. The van der Waals surface area contributed by atoms with Crippen molar-refractivity contribution in [1.82, 2.24) is 5.01 Å². The summed E-state index contributed by atoms with van der Waals surface area (Å²) in [5, 5.41) is 15.1. The van der Waals surface area contributed by atoms with Gasteiger partial charge in [-0.3, -0.25) is 4.79 Å². The highest BCUT2D eigenvalue weighted by molar-refractivity contribution is 14.1. The fraction of sp³-hybridized carbons (Fsp3) is 0.222. The number of aliphatic hydroxyl groups is 1. The van der Waals surface area contributed by atoms with Gasteiger partial charge < -0.3 is 5.11 Å². The lowest BCUT2D eigenvalue weighted by molar-refractivity contribution is -0.0816. The average Bonchev–Trinajstić information content (AvgIpc) is 2.94. The van der Waals surface area contributed by atoms with E-state index in [0.717, 1.165) is 5.56 Å². The second kappa shape index (κ2) is 6.66. The number of hydrogen-bond donors (Lipinski definition) is 1. The van der Waals surface area contributed by atoms with Gasteiger partial charge >= 0.3 is 6.18 Å². The minimum atomic E-state index is -4.74. The first-order valence-electron chi connectivity index (χ1n) is 7.66. The van der Waals surface area contributed by atoms with E-state index in [1.807, 2.05) is 22.6 Å². The number of rotatable bonds is 2. The Bertz CT molecular complexity index is 898. The third kappa shape index (κ3) is 3.35. The molecule has 1 aliphatic rings. The molecule has 1 atom stereocenters. The number of amides is 1.